The zero-order valence-corrected chi connectivity index (χ0v) is 14.0. The van der Waals surface area contributed by atoms with Gasteiger partial charge < -0.3 is 5.32 Å². The summed E-state index contributed by atoms with van der Waals surface area (Å²) >= 11 is 0. The number of sulfonamides is 1. The Bertz CT molecular complexity index is 517. The average Bonchev–Trinajstić information content (AvgIpc) is 2.48. The molecule has 2 N–H and O–H groups in total. The molecule has 1 aromatic rings. The highest BCUT2D eigenvalue weighted by atomic mass is 32.2. The van der Waals surface area contributed by atoms with Gasteiger partial charge in [0.05, 0.1) is 0 Å². The van der Waals surface area contributed by atoms with E-state index in [4.69, 9.17) is 0 Å². The molecule has 0 bridgehead atoms. The van der Waals surface area contributed by atoms with Gasteiger partial charge in [-0.2, -0.15) is 0 Å². The molecule has 1 heterocycles. The summed E-state index contributed by atoms with van der Waals surface area (Å²) in [5, 5.41) is 2.99. The van der Waals surface area contributed by atoms with Gasteiger partial charge in [-0.25, -0.2) is 18.1 Å². The molecule has 0 radical (unpaired) electrons. The summed E-state index contributed by atoms with van der Waals surface area (Å²) in [5.74, 6) is 0.799. The molecule has 5 nitrogen and oxygen atoms in total. The van der Waals surface area contributed by atoms with Crippen LogP contribution < -0.4 is 10.0 Å². The number of unbranched alkanes of at least 4 members (excludes halogenated alkanes) is 1. The lowest BCUT2D eigenvalue weighted by atomic mass is 10.00. The number of rotatable bonds is 10. The van der Waals surface area contributed by atoms with Crippen molar-refractivity contribution in [2.24, 2.45) is 5.92 Å². The quantitative estimate of drug-likeness (QED) is 0.696. The van der Waals surface area contributed by atoms with E-state index in [0.717, 1.165) is 25.7 Å². The molecule has 0 aliphatic heterocycles. The number of anilines is 1. The van der Waals surface area contributed by atoms with Crippen LogP contribution in [0, 0.1) is 5.92 Å². The van der Waals surface area contributed by atoms with Gasteiger partial charge in [-0.3, -0.25) is 0 Å². The highest BCUT2D eigenvalue weighted by Gasteiger charge is 2.20. The molecule has 0 saturated heterocycles. The summed E-state index contributed by atoms with van der Waals surface area (Å²) < 4.78 is 27.6. The van der Waals surface area contributed by atoms with E-state index in [1.165, 1.54) is 0 Å². The molecule has 0 aromatic carbocycles. The molecule has 21 heavy (non-hydrogen) atoms. The Morgan fingerprint density at radius 3 is 2.67 bits per heavy atom. The van der Waals surface area contributed by atoms with Crippen LogP contribution in [0.3, 0.4) is 0 Å². The first-order valence-electron chi connectivity index (χ1n) is 7.73. The van der Waals surface area contributed by atoms with Crippen LogP contribution in [0.4, 0.5) is 5.82 Å². The molecule has 0 aliphatic carbocycles. The third-order valence-electron chi connectivity index (χ3n) is 3.51. The monoisotopic (exact) mass is 313 g/mol. The first-order chi connectivity index (χ1) is 10.0. The Kier molecular flexibility index (Phi) is 7.67. The van der Waals surface area contributed by atoms with Crippen LogP contribution in [-0.4, -0.2) is 26.5 Å². The fourth-order valence-electron chi connectivity index (χ4n) is 2.16. The van der Waals surface area contributed by atoms with Gasteiger partial charge in [-0.05, 0) is 31.4 Å². The predicted molar refractivity (Wildman–Crippen MR) is 86.9 cm³/mol. The van der Waals surface area contributed by atoms with E-state index >= 15 is 0 Å². The fourth-order valence-corrected chi connectivity index (χ4v) is 3.40. The van der Waals surface area contributed by atoms with Crippen LogP contribution in [0.25, 0.3) is 0 Å². The van der Waals surface area contributed by atoms with Crippen molar-refractivity contribution < 1.29 is 8.42 Å². The normalized spacial score (nSPS) is 13.1. The topological polar surface area (TPSA) is 71.1 Å². The molecule has 1 atom stereocenters. The van der Waals surface area contributed by atoms with Crippen molar-refractivity contribution in [3.8, 4) is 0 Å². The minimum absolute atomic E-state index is 0.220. The number of hydrogen-bond donors (Lipinski definition) is 2. The Labute approximate surface area is 128 Å². The zero-order valence-electron chi connectivity index (χ0n) is 13.2. The van der Waals surface area contributed by atoms with Crippen molar-refractivity contribution in [3.05, 3.63) is 18.3 Å². The SMILES string of the molecule is CCCCC(CC)CNS(=O)(=O)c1cccnc1NCC. The smallest absolute Gasteiger partial charge is 0.244 e. The van der Waals surface area contributed by atoms with Gasteiger partial charge in [-0.15, -0.1) is 0 Å². The van der Waals surface area contributed by atoms with Crippen molar-refractivity contribution >= 4 is 15.8 Å². The number of nitrogens with zero attached hydrogens (tertiary/aromatic N) is 1. The lowest BCUT2D eigenvalue weighted by Crippen LogP contribution is -2.30. The Balaban J connectivity index is 2.77. The number of hydrogen-bond acceptors (Lipinski definition) is 4. The second kappa shape index (κ2) is 9.00. The molecule has 6 heteroatoms. The Morgan fingerprint density at radius 1 is 1.29 bits per heavy atom. The maximum Gasteiger partial charge on any atom is 0.244 e. The van der Waals surface area contributed by atoms with Crippen molar-refractivity contribution in [1.29, 1.82) is 0 Å². The maximum atomic E-state index is 12.4. The molecule has 120 valence electrons. The molecule has 0 aliphatic rings. The molecule has 0 fully saturated rings. The predicted octanol–water partition coefficient (Wildman–Crippen LogP) is 3.01. The molecule has 0 saturated carbocycles. The number of nitrogens with one attached hydrogen (secondary N) is 2. The lowest BCUT2D eigenvalue weighted by Gasteiger charge is -2.16. The second-order valence-corrected chi connectivity index (χ2v) is 6.88. The van der Waals surface area contributed by atoms with Gasteiger partial charge in [0, 0.05) is 19.3 Å². The third kappa shape index (κ3) is 5.63. The van der Waals surface area contributed by atoms with E-state index in [-0.39, 0.29) is 4.90 Å². The second-order valence-electron chi connectivity index (χ2n) is 5.15. The Hall–Kier alpha value is -1.14. The van der Waals surface area contributed by atoms with Crippen LogP contribution in [0.5, 0.6) is 0 Å². The van der Waals surface area contributed by atoms with Gasteiger partial charge in [0.25, 0.3) is 0 Å². The van der Waals surface area contributed by atoms with Gasteiger partial charge in [0.2, 0.25) is 10.0 Å². The van der Waals surface area contributed by atoms with Crippen molar-refractivity contribution in [3.63, 3.8) is 0 Å². The summed E-state index contributed by atoms with van der Waals surface area (Å²) in [6.45, 7) is 7.28. The van der Waals surface area contributed by atoms with E-state index < -0.39 is 10.0 Å². The highest BCUT2D eigenvalue weighted by Crippen LogP contribution is 2.19. The van der Waals surface area contributed by atoms with Crippen molar-refractivity contribution in [2.45, 2.75) is 51.3 Å². The standard InChI is InChI=1S/C15H27N3O2S/c1-4-7-9-13(5-2)12-18-21(19,20)14-10-8-11-17-15(14)16-6-3/h8,10-11,13,18H,4-7,9,12H2,1-3H3,(H,16,17). The molecular formula is C15H27N3O2S. The van der Waals surface area contributed by atoms with E-state index in [0.29, 0.717) is 24.8 Å². The highest BCUT2D eigenvalue weighted by molar-refractivity contribution is 7.89. The molecule has 1 aromatic heterocycles. The van der Waals surface area contributed by atoms with Crippen LogP contribution >= 0.6 is 0 Å². The van der Waals surface area contributed by atoms with E-state index in [1.54, 1.807) is 18.3 Å². The lowest BCUT2D eigenvalue weighted by molar-refractivity contribution is 0.444. The minimum atomic E-state index is -3.52. The first kappa shape index (κ1) is 17.9. The molecular weight excluding hydrogens is 286 g/mol. The largest absolute Gasteiger partial charge is 0.369 e. The van der Waals surface area contributed by atoms with E-state index in [9.17, 15) is 8.42 Å². The first-order valence-corrected chi connectivity index (χ1v) is 9.22. The molecule has 0 spiro atoms. The summed E-state index contributed by atoms with van der Waals surface area (Å²) in [5.41, 5.74) is 0. The van der Waals surface area contributed by atoms with Crippen LogP contribution in [0.15, 0.2) is 23.2 Å². The van der Waals surface area contributed by atoms with Crippen molar-refractivity contribution in [1.82, 2.24) is 9.71 Å². The average molecular weight is 313 g/mol. The molecule has 0 amide bonds. The number of aromatic nitrogens is 1. The van der Waals surface area contributed by atoms with Gasteiger partial charge >= 0.3 is 0 Å². The Morgan fingerprint density at radius 2 is 2.05 bits per heavy atom. The van der Waals surface area contributed by atoms with Crippen LogP contribution in [-0.2, 0) is 10.0 Å². The summed E-state index contributed by atoms with van der Waals surface area (Å²) in [4.78, 5) is 4.32. The number of pyridine rings is 1. The molecule has 1 rings (SSSR count). The van der Waals surface area contributed by atoms with Crippen molar-refractivity contribution in [2.75, 3.05) is 18.4 Å². The van der Waals surface area contributed by atoms with E-state index in [1.807, 2.05) is 6.92 Å². The van der Waals surface area contributed by atoms with E-state index in [2.05, 4.69) is 28.9 Å². The summed E-state index contributed by atoms with van der Waals surface area (Å²) in [7, 11) is -3.52. The third-order valence-corrected chi connectivity index (χ3v) is 4.96. The zero-order chi connectivity index (χ0) is 15.7. The fraction of sp³-hybridized carbons (Fsp3) is 0.667. The maximum absolute atomic E-state index is 12.4. The van der Waals surface area contributed by atoms with Crippen LogP contribution in [0.1, 0.15) is 46.5 Å². The van der Waals surface area contributed by atoms with Gasteiger partial charge in [0.15, 0.2) is 0 Å². The summed E-state index contributed by atoms with van der Waals surface area (Å²) in [6, 6.07) is 3.23. The van der Waals surface area contributed by atoms with Gasteiger partial charge in [-0.1, -0.05) is 33.1 Å². The van der Waals surface area contributed by atoms with Gasteiger partial charge in [0.1, 0.15) is 10.7 Å². The molecule has 1 unspecified atom stereocenters. The summed E-state index contributed by atoms with van der Waals surface area (Å²) in [6.07, 6.45) is 5.90. The van der Waals surface area contributed by atoms with Crippen LogP contribution in [0.2, 0.25) is 0 Å². The minimum Gasteiger partial charge on any atom is -0.369 e.